The Kier molecular flexibility index (Phi) is 5.98. The fourth-order valence-electron chi connectivity index (χ4n) is 2.72. The largest absolute Gasteiger partial charge is 0.363 e. The van der Waals surface area contributed by atoms with Gasteiger partial charge in [-0.2, -0.15) is 5.10 Å². The number of aromatic nitrogens is 2. The smallest absolute Gasteiger partial charge is 0.132 e. The normalized spacial score (nSPS) is 19.1. The highest BCUT2D eigenvalue weighted by Gasteiger charge is 2.35. The Morgan fingerprint density at radius 1 is 1.41 bits per heavy atom. The van der Waals surface area contributed by atoms with Gasteiger partial charge in [-0.1, -0.05) is 51.8 Å². The highest BCUT2D eigenvalue weighted by molar-refractivity contribution is 5.72. The van der Waals surface area contributed by atoms with Crippen molar-refractivity contribution in [3.63, 3.8) is 0 Å². The average Bonchev–Trinajstić information content (AvgIpc) is 2.91. The molecule has 1 unspecified atom stereocenters. The summed E-state index contributed by atoms with van der Waals surface area (Å²) in [6.45, 7) is 22.1. The highest BCUT2D eigenvalue weighted by atomic mass is 15.4. The average molecular weight is 299 g/mol. The Morgan fingerprint density at radius 3 is 2.55 bits per heavy atom. The lowest BCUT2D eigenvalue weighted by Gasteiger charge is -2.38. The summed E-state index contributed by atoms with van der Waals surface area (Å²) in [6.07, 6.45) is 8.54. The molecule has 1 aliphatic rings. The van der Waals surface area contributed by atoms with Crippen LogP contribution in [0.2, 0.25) is 0 Å². The molecule has 2 rings (SSSR count). The van der Waals surface area contributed by atoms with Crippen LogP contribution in [0, 0.1) is 0 Å². The fourth-order valence-corrected chi connectivity index (χ4v) is 2.72. The quantitative estimate of drug-likeness (QED) is 0.778. The van der Waals surface area contributed by atoms with E-state index in [0.29, 0.717) is 0 Å². The third kappa shape index (κ3) is 3.41. The second kappa shape index (κ2) is 7.30. The zero-order chi connectivity index (χ0) is 16.9. The SMILES string of the molecule is C=C/C=C(\C=C)C1CC(C)(C)n2ncc(C(=C)C)c2N1.CC. The maximum absolute atomic E-state index is 4.52. The molecule has 22 heavy (non-hydrogen) atoms. The monoisotopic (exact) mass is 299 g/mol. The molecule has 0 radical (unpaired) electrons. The summed E-state index contributed by atoms with van der Waals surface area (Å²) in [5, 5.41) is 8.09. The summed E-state index contributed by atoms with van der Waals surface area (Å²) in [5.41, 5.74) is 3.18. The lowest BCUT2D eigenvalue weighted by atomic mass is 9.88. The van der Waals surface area contributed by atoms with Gasteiger partial charge in [-0.25, -0.2) is 4.68 Å². The van der Waals surface area contributed by atoms with Crippen LogP contribution < -0.4 is 5.32 Å². The van der Waals surface area contributed by atoms with E-state index in [1.807, 2.05) is 39.1 Å². The standard InChI is InChI=1S/C17H23N3.C2H6/c1-7-9-13(8-2)15-10-17(5,6)20-16(19-15)14(11-18-20)12(3)4;1-2/h7-9,11,15,19H,1-3,10H2,4-6H3;1-2H3/b13-9+;. The molecule has 0 bridgehead atoms. The lowest BCUT2D eigenvalue weighted by molar-refractivity contribution is 0.273. The summed E-state index contributed by atoms with van der Waals surface area (Å²) >= 11 is 0. The van der Waals surface area contributed by atoms with Crippen molar-refractivity contribution in [3.8, 4) is 0 Å². The van der Waals surface area contributed by atoms with Crippen LogP contribution in [0.25, 0.3) is 5.57 Å². The van der Waals surface area contributed by atoms with Crippen LogP contribution in [0.5, 0.6) is 0 Å². The van der Waals surface area contributed by atoms with E-state index in [4.69, 9.17) is 0 Å². The molecule has 1 aromatic heterocycles. The van der Waals surface area contributed by atoms with Gasteiger partial charge in [0.1, 0.15) is 5.82 Å². The van der Waals surface area contributed by atoms with Crippen molar-refractivity contribution in [2.24, 2.45) is 0 Å². The minimum absolute atomic E-state index is 0.0534. The number of hydrogen-bond acceptors (Lipinski definition) is 2. The molecule has 2 heterocycles. The van der Waals surface area contributed by atoms with Gasteiger partial charge >= 0.3 is 0 Å². The first-order chi connectivity index (χ1) is 10.4. The second-order valence-electron chi connectivity index (χ2n) is 5.92. The first kappa shape index (κ1) is 18.0. The van der Waals surface area contributed by atoms with Gasteiger partial charge in [0.05, 0.1) is 17.8 Å². The van der Waals surface area contributed by atoms with E-state index in [1.54, 1.807) is 6.08 Å². The van der Waals surface area contributed by atoms with Crippen molar-refractivity contribution < 1.29 is 0 Å². The minimum Gasteiger partial charge on any atom is -0.363 e. The Bertz CT molecular complexity index is 588. The van der Waals surface area contributed by atoms with E-state index < -0.39 is 0 Å². The topological polar surface area (TPSA) is 29.9 Å². The molecule has 0 amide bonds. The molecular weight excluding hydrogens is 270 g/mol. The molecule has 0 saturated carbocycles. The molecule has 0 aromatic carbocycles. The van der Waals surface area contributed by atoms with Crippen LogP contribution in [0.1, 0.15) is 46.6 Å². The number of anilines is 1. The molecule has 0 spiro atoms. The molecule has 0 aliphatic carbocycles. The Hall–Kier alpha value is -2.03. The molecule has 0 saturated heterocycles. The predicted octanol–water partition coefficient (Wildman–Crippen LogP) is 5.16. The van der Waals surface area contributed by atoms with E-state index in [-0.39, 0.29) is 11.6 Å². The van der Waals surface area contributed by atoms with Gasteiger partial charge in [0.15, 0.2) is 0 Å². The van der Waals surface area contributed by atoms with Crippen molar-refractivity contribution >= 4 is 11.4 Å². The number of hydrogen-bond donors (Lipinski definition) is 1. The Labute approximate surface area is 135 Å². The second-order valence-corrected chi connectivity index (χ2v) is 5.92. The molecule has 1 aromatic rings. The Morgan fingerprint density at radius 2 is 2.05 bits per heavy atom. The minimum atomic E-state index is -0.0534. The summed E-state index contributed by atoms with van der Waals surface area (Å²) in [5.74, 6) is 1.04. The van der Waals surface area contributed by atoms with Crippen LogP contribution in [-0.2, 0) is 5.54 Å². The Balaban J connectivity index is 0.00000116. The number of nitrogens with one attached hydrogen (secondary N) is 1. The van der Waals surface area contributed by atoms with Crippen molar-refractivity contribution in [1.29, 1.82) is 0 Å². The number of allylic oxidation sites excluding steroid dienone is 3. The maximum atomic E-state index is 4.52. The van der Waals surface area contributed by atoms with Gasteiger partial charge in [-0.3, -0.25) is 0 Å². The van der Waals surface area contributed by atoms with Crippen LogP contribution in [0.4, 0.5) is 5.82 Å². The number of fused-ring (bicyclic) bond motifs is 1. The molecule has 0 fully saturated rings. The zero-order valence-electron chi connectivity index (χ0n) is 14.6. The molecule has 3 nitrogen and oxygen atoms in total. The van der Waals surface area contributed by atoms with Crippen molar-refractivity contribution in [2.45, 2.75) is 52.6 Å². The van der Waals surface area contributed by atoms with Crippen molar-refractivity contribution in [2.75, 3.05) is 5.32 Å². The van der Waals surface area contributed by atoms with Gasteiger partial charge in [-0.05, 0) is 38.3 Å². The van der Waals surface area contributed by atoms with E-state index in [0.717, 1.165) is 28.9 Å². The van der Waals surface area contributed by atoms with Crippen LogP contribution in [0.15, 0.2) is 49.7 Å². The molecule has 120 valence electrons. The molecule has 1 aliphatic heterocycles. The van der Waals surface area contributed by atoms with Gasteiger partial charge < -0.3 is 5.32 Å². The van der Waals surface area contributed by atoms with E-state index >= 15 is 0 Å². The van der Waals surface area contributed by atoms with Gasteiger partial charge in [-0.15, -0.1) is 0 Å². The number of rotatable bonds is 4. The third-order valence-electron chi connectivity index (χ3n) is 3.77. The predicted molar refractivity (Wildman–Crippen MR) is 98.1 cm³/mol. The maximum Gasteiger partial charge on any atom is 0.132 e. The number of nitrogens with zero attached hydrogens (tertiary/aromatic N) is 2. The fraction of sp³-hybridized carbons (Fsp3) is 0.421. The summed E-state index contributed by atoms with van der Waals surface area (Å²) in [4.78, 5) is 0. The van der Waals surface area contributed by atoms with E-state index in [2.05, 4.69) is 48.7 Å². The van der Waals surface area contributed by atoms with E-state index in [9.17, 15) is 0 Å². The lowest BCUT2D eigenvalue weighted by Crippen LogP contribution is -2.42. The summed E-state index contributed by atoms with van der Waals surface area (Å²) in [7, 11) is 0. The first-order valence-corrected chi connectivity index (χ1v) is 7.86. The highest BCUT2D eigenvalue weighted by Crippen LogP contribution is 2.37. The van der Waals surface area contributed by atoms with Crippen LogP contribution in [-0.4, -0.2) is 15.8 Å². The summed E-state index contributed by atoms with van der Waals surface area (Å²) in [6, 6.07) is 0.211. The third-order valence-corrected chi connectivity index (χ3v) is 3.77. The van der Waals surface area contributed by atoms with Crippen molar-refractivity contribution in [3.05, 3.63) is 55.3 Å². The summed E-state index contributed by atoms with van der Waals surface area (Å²) < 4.78 is 2.06. The van der Waals surface area contributed by atoms with Crippen LogP contribution >= 0.6 is 0 Å². The van der Waals surface area contributed by atoms with E-state index in [1.165, 1.54) is 0 Å². The van der Waals surface area contributed by atoms with Crippen molar-refractivity contribution in [1.82, 2.24) is 9.78 Å². The van der Waals surface area contributed by atoms with Gasteiger partial charge in [0.2, 0.25) is 0 Å². The molecule has 3 heteroatoms. The van der Waals surface area contributed by atoms with Gasteiger partial charge in [0, 0.05) is 5.56 Å². The van der Waals surface area contributed by atoms with Crippen LogP contribution in [0.3, 0.4) is 0 Å². The molecular formula is C19H29N3. The first-order valence-electron chi connectivity index (χ1n) is 7.86. The van der Waals surface area contributed by atoms with Gasteiger partial charge in [0.25, 0.3) is 0 Å². The molecule has 1 N–H and O–H groups in total. The zero-order valence-corrected chi connectivity index (χ0v) is 14.6. The molecule has 1 atom stereocenters.